The summed E-state index contributed by atoms with van der Waals surface area (Å²) >= 11 is 1.10. The quantitative estimate of drug-likeness (QED) is 0.440. The molecular weight excluding hydrogens is 361 g/mol. The molecule has 0 atom stereocenters. The van der Waals surface area contributed by atoms with Gasteiger partial charge in [0, 0.05) is 16.6 Å². The molecular formula is C15H11F3N2O4S. The van der Waals surface area contributed by atoms with Gasteiger partial charge in [-0.2, -0.15) is 13.2 Å². The fourth-order valence-corrected chi connectivity index (χ4v) is 2.52. The molecule has 0 saturated carbocycles. The van der Waals surface area contributed by atoms with Crippen LogP contribution in [0.15, 0.2) is 47.4 Å². The van der Waals surface area contributed by atoms with E-state index in [0.717, 1.165) is 23.9 Å². The van der Waals surface area contributed by atoms with E-state index >= 15 is 0 Å². The lowest BCUT2D eigenvalue weighted by Gasteiger charge is -2.11. The maximum Gasteiger partial charge on any atom is 0.416 e. The molecule has 2 rings (SSSR count). The third-order valence-corrected chi connectivity index (χ3v) is 4.01. The number of hydrogen-bond donors (Lipinski definition) is 2. The number of rotatable bonds is 6. The highest BCUT2D eigenvalue weighted by Gasteiger charge is 2.33. The van der Waals surface area contributed by atoms with E-state index in [1.165, 1.54) is 0 Å². The summed E-state index contributed by atoms with van der Waals surface area (Å²) in [6.45, 7) is 0. The Morgan fingerprint density at radius 3 is 2.36 bits per heavy atom. The molecule has 2 aromatic rings. The zero-order valence-electron chi connectivity index (χ0n) is 12.4. The molecule has 0 radical (unpaired) electrons. The number of thioether (sulfide) groups is 1. The van der Waals surface area contributed by atoms with E-state index in [9.17, 15) is 28.1 Å². The van der Waals surface area contributed by atoms with Crippen molar-refractivity contribution in [1.29, 1.82) is 0 Å². The van der Waals surface area contributed by atoms with Gasteiger partial charge in [0.15, 0.2) is 0 Å². The van der Waals surface area contributed by atoms with Gasteiger partial charge in [0.2, 0.25) is 0 Å². The second kappa shape index (κ2) is 7.43. The molecule has 0 aliphatic heterocycles. The summed E-state index contributed by atoms with van der Waals surface area (Å²) in [5.74, 6) is -1.08. The van der Waals surface area contributed by atoms with Crippen molar-refractivity contribution in [2.45, 2.75) is 11.1 Å². The Hall–Kier alpha value is -2.75. The third kappa shape index (κ3) is 5.11. The number of aliphatic carboxylic acids is 1. The Morgan fingerprint density at radius 1 is 1.20 bits per heavy atom. The van der Waals surface area contributed by atoms with E-state index in [1.807, 2.05) is 0 Å². The smallest absolute Gasteiger partial charge is 0.416 e. The van der Waals surface area contributed by atoms with E-state index in [1.54, 1.807) is 24.3 Å². The van der Waals surface area contributed by atoms with Crippen LogP contribution in [0.1, 0.15) is 5.56 Å². The number of carbonyl (C=O) groups is 1. The van der Waals surface area contributed by atoms with Crippen LogP contribution < -0.4 is 5.32 Å². The van der Waals surface area contributed by atoms with E-state index < -0.39 is 28.3 Å². The van der Waals surface area contributed by atoms with E-state index in [0.29, 0.717) is 16.6 Å². The summed E-state index contributed by atoms with van der Waals surface area (Å²) < 4.78 is 38.0. The maximum absolute atomic E-state index is 12.7. The molecule has 0 aliphatic rings. The first-order valence-electron chi connectivity index (χ1n) is 6.74. The third-order valence-electron chi connectivity index (χ3n) is 3.02. The molecule has 0 saturated heterocycles. The maximum atomic E-state index is 12.7. The first kappa shape index (κ1) is 18.6. The molecule has 2 N–H and O–H groups in total. The van der Waals surface area contributed by atoms with Crippen LogP contribution in [-0.4, -0.2) is 21.8 Å². The number of hydrogen-bond acceptors (Lipinski definition) is 5. The number of halogens is 3. The molecule has 25 heavy (non-hydrogen) atoms. The molecule has 0 fully saturated rings. The Labute approximate surface area is 143 Å². The summed E-state index contributed by atoms with van der Waals surface area (Å²) in [5.41, 5.74) is -1.46. The standard InChI is InChI=1S/C15H11F3N2O4S/c16-15(17,18)9-1-6-12(13(7-9)20(23)24)19-10-2-4-11(5-3-10)25-8-14(21)22/h1-7,19H,8H2,(H,21,22). The fourth-order valence-electron chi connectivity index (χ4n) is 1.90. The number of carboxylic acids is 1. The predicted molar refractivity (Wildman–Crippen MR) is 86.2 cm³/mol. The van der Waals surface area contributed by atoms with Crippen molar-refractivity contribution in [3.05, 3.63) is 58.1 Å². The van der Waals surface area contributed by atoms with E-state index in [-0.39, 0.29) is 11.4 Å². The van der Waals surface area contributed by atoms with Crippen molar-refractivity contribution < 1.29 is 28.0 Å². The Kier molecular flexibility index (Phi) is 5.52. The van der Waals surface area contributed by atoms with Crippen molar-refractivity contribution >= 4 is 34.8 Å². The molecule has 6 nitrogen and oxygen atoms in total. The van der Waals surface area contributed by atoms with Gasteiger partial charge in [-0.05, 0) is 36.4 Å². The van der Waals surface area contributed by atoms with Gasteiger partial charge in [0.05, 0.1) is 16.2 Å². The van der Waals surface area contributed by atoms with Gasteiger partial charge in [-0.25, -0.2) is 0 Å². The van der Waals surface area contributed by atoms with Gasteiger partial charge < -0.3 is 10.4 Å². The Morgan fingerprint density at radius 2 is 1.84 bits per heavy atom. The summed E-state index contributed by atoms with van der Waals surface area (Å²) in [4.78, 5) is 21.3. The minimum absolute atomic E-state index is 0.0797. The average molecular weight is 372 g/mol. The van der Waals surface area contributed by atoms with Crippen molar-refractivity contribution in [2.75, 3.05) is 11.1 Å². The van der Waals surface area contributed by atoms with Crippen LogP contribution in [-0.2, 0) is 11.0 Å². The summed E-state index contributed by atoms with van der Waals surface area (Å²) in [7, 11) is 0. The number of anilines is 2. The van der Waals surface area contributed by atoms with Crippen LogP contribution in [0.3, 0.4) is 0 Å². The highest BCUT2D eigenvalue weighted by Crippen LogP contribution is 2.36. The normalized spacial score (nSPS) is 11.2. The number of alkyl halides is 3. The zero-order valence-corrected chi connectivity index (χ0v) is 13.2. The topological polar surface area (TPSA) is 92.5 Å². The predicted octanol–water partition coefficient (Wildman–Crippen LogP) is 4.53. The number of nitrogens with zero attached hydrogens (tertiary/aromatic N) is 1. The number of nitro groups is 1. The first-order valence-corrected chi connectivity index (χ1v) is 7.72. The molecule has 0 bridgehead atoms. The fraction of sp³-hybridized carbons (Fsp3) is 0.133. The molecule has 132 valence electrons. The highest BCUT2D eigenvalue weighted by atomic mass is 32.2. The van der Waals surface area contributed by atoms with Gasteiger partial charge in [-0.1, -0.05) is 0 Å². The van der Waals surface area contributed by atoms with E-state index in [4.69, 9.17) is 5.11 Å². The second-order valence-electron chi connectivity index (χ2n) is 4.82. The summed E-state index contributed by atoms with van der Waals surface area (Å²) in [5, 5.41) is 22.3. The lowest BCUT2D eigenvalue weighted by atomic mass is 10.1. The minimum Gasteiger partial charge on any atom is -0.481 e. The first-order chi connectivity index (χ1) is 11.7. The number of benzene rings is 2. The number of nitrogens with one attached hydrogen (secondary N) is 1. The van der Waals surface area contributed by atoms with Gasteiger partial charge in [0.1, 0.15) is 5.69 Å². The van der Waals surface area contributed by atoms with Crippen LogP contribution in [0, 0.1) is 10.1 Å². The molecule has 0 heterocycles. The molecule has 0 aromatic heterocycles. The van der Waals surface area contributed by atoms with Crippen LogP contribution in [0.5, 0.6) is 0 Å². The Balaban J connectivity index is 2.22. The lowest BCUT2D eigenvalue weighted by molar-refractivity contribution is -0.384. The zero-order chi connectivity index (χ0) is 18.6. The second-order valence-corrected chi connectivity index (χ2v) is 5.87. The molecule has 10 heteroatoms. The summed E-state index contributed by atoms with van der Waals surface area (Å²) in [6.07, 6.45) is -4.67. The lowest BCUT2D eigenvalue weighted by Crippen LogP contribution is -2.06. The summed E-state index contributed by atoms with van der Waals surface area (Å²) in [6, 6.07) is 8.52. The molecule has 0 spiro atoms. The molecule has 0 unspecified atom stereocenters. The number of carboxylic acid groups (broad SMARTS) is 1. The molecule has 2 aromatic carbocycles. The van der Waals surface area contributed by atoms with Crippen molar-refractivity contribution in [2.24, 2.45) is 0 Å². The van der Waals surface area contributed by atoms with Crippen molar-refractivity contribution in [3.8, 4) is 0 Å². The van der Waals surface area contributed by atoms with Gasteiger partial charge in [0.25, 0.3) is 5.69 Å². The molecule has 0 aliphatic carbocycles. The monoisotopic (exact) mass is 372 g/mol. The SMILES string of the molecule is O=C(O)CSc1ccc(Nc2ccc(C(F)(F)F)cc2[N+](=O)[O-])cc1. The highest BCUT2D eigenvalue weighted by molar-refractivity contribution is 8.00. The Bertz CT molecular complexity index is 794. The van der Waals surface area contributed by atoms with Crippen LogP contribution in [0.4, 0.5) is 30.2 Å². The van der Waals surface area contributed by atoms with Crippen LogP contribution in [0.2, 0.25) is 0 Å². The van der Waals surface area contributed by atoms with Crippen LogP contribution >= 0.6 is 11.8 Å². The van der Waals surface area contributed by atoms with E-state index in [2.05, 4.69) is 5.32 Å². The number of nitro benzene ring substituents is 1. The van der Waals surface area contributed by atoms with Gasteiger partial charge in [-0.15, -0.1) is 11.8 Å². The average Bonchev–Trinajstić information content (AvgIpc) is 2.53. The van der Waals surface area contributed by atoms with Gasteiger partial charge in [-0.3, -0.25) is 14.9 Å². The minimum atomic E-state index is -4.67. The van der Waals surface area contributed by atoms with Crippen molar-refractivity contribution in [1.82, 2.24) is 0 Å². The van der Waals surface area contributed by atoms with Crippen LogP contribution in [0.25, 0.3) is 0 Å². The van der Waals surface area contributed by atoms with Crippen molar-refractivity contribution in [3.63, 3.8) is 0 Å². The largest absolute Gasteiger partial charge is 0.481 e. The molecule has 0 amide bonds. The van der Waals surface area contributed by atoms with Gasteiger partial charge >= 0.3 is 12.1 Å².